The molecule has 29 heavy (non-hydrogen) atoms. The maximum atomic E-state index is 12.5. The maximum Gasteiger partial charge on any atom is 0.267 e. The second-order valence-corrected chi connectivity index (χ2v) is 7.78. The third-order valence-corrected chi connectivity index (χ3v) is 5.49. The van der Waals surface area contributed by atoms with Crippen LogP contribution >= 0.6 is 11.3 Å². The first-order chi connectivity index (χ1) is 14.0. The van der Waals surface area contributed by atoms with Crippen molar-refractivity contribution in [1.29, 1.82) is 0 Å². The van der Waals surface area contributed by atoms with E-state index in [1.54, 1.807) is 11.8 Å². The minimum absolute atomic E-state index is 0.146. The molecule has 0 radical (unpaired) electrons. The minimum atomic E-state index is -0.566. The summed E-state index contributed by atoms with van der Waals surface area (Å²) in [4.78, 5) is 31.0. The van der Waals surface area contributed by atoms with Crippen LogP contribution in [0.3, 0.4) is 0 Å². The smallest absolute Gasteiger partial charge is 0.267 e. The normalized spacial score (nSPS) is 15.6. The molecule has 148 valence electrons. The number of benzene rings is 2. The molecule has 0 saturated heterocycles. The van der Waals surface area contributed by atoms with Gasteiger partial charge < -0.3 is 15.0 Å². The Bertz CT molecular complexity index is 1050. The Kier molecular flexibility index (Phi) is 5.31. The number of rotatable bonds is 5. The van der Waals surface area contributed by atoms with Gasteiger partial charge in [-0.3, -0.25) is 9.59 Å². The first-order valence-electron chi connectivity index (χ1n) is 9.41. The average molecular weight is 407 g/mol. The highest BCUT2D eigenvalue weighted by molar-refractivity contribution is 7.14. The van der Waals surface area contributed by atoms with E-state index in [0.29, 0.717) is 16.6 Å². The van der Waals surface area contributed by atoms with Crippen LogP contribution in [0.15, 0.2) is 53.9 Å². The zero-order valence-electron chi connectivity index (χ0n) is 16.2. The number of carbonyl (C=O) groups excluding carboxylic acids is 2. The number of aromatic nitrogens is 1. The Morgan fingerprint density at radius 2 is 1.97 bits per heavy atom. The molecule has 2 heterocycles. The molecule has 1 aliphatic heterocycles. The number of fused-ring (bicyclic) bond motifs is 1. The van der Waals surface area contributed by atoms with E-state index in [4.69, 9.17) is 4.74 Å². The topological polar surface area (TPSA) is 71.5 Å². The van der Waals surface area contributed by atoms with Gasteiger partial charge in [-0.2, -0.15) is 0 Å². The molecule has 0 spiro atoms. The predicted molar refractivity (Wildman–Crippen MR) is 114 cm³/mol. The number of ether oxygens (including phenoxy) is 1. The van der Waals surface area contributed by atoms with Gasteiger partial charge in [0.25, 0.3) is 5.91 Å². The van der Waals surface area contributed by atoms with E-state index in [0.717, 1.165) is 11.3 Å². The molecule has 0 bridgehead atoms. The van der Waals surface area contributed by atoms with Gasteiger partial charge in [-0.1, -0.05) is 42.0 Å². The molecule has 1 aliphatic rings. The van der Waals surface area contributed by atoms with Gasteiger partial charge >= 0.3 is 0 Å². The lowest BCUT2D eigenvalue weighted by atomic mass is 10.1. The van der Waals surface area contributed by atoms with Gasteiger partial charge in [0, 0.05) is 23.9 Å². The number of carbonyl (C=O) groups is 2. The van der Waals surface area contributed by atoms with Crippen LogP contribution in [0.4, 0.5) is 10.8 Å². The van der Waals surface area contributed by atoms with Crippen molar-refractivity contribution >= 4 is 34.0 Å². The summed E-state index contributed by atoms with van der Waals surface area (Å²) in [5, 5.41) is 5.30. The lowest BCUT2D eigenvalue weighted by Gasteiger charge is -2.32. The van der Waals surface area contributed by atoms with E-state index in [1.807, 2.05) is 60.8 Å². The second-order valence-electron chi connectivity index (χ2n) is 6.92. The van der Waals surface area contributed by atoms with Crippen LogP contribution in [0.5, 0.6) is 5.75 Å². The Morgan fingerprint density at radius 3 is 2.76 bits per heavy atom. The molecule has 1 N–H and O–H groups in total. The number of nitrogens with zero attached hydrogens (tertiary/aromatic N) is 2. The molecule has 6 nitrogen and oxygen atoms in total. The molecule has 7 heteroatoms. The van der Waals surface area contributed by atoms with Gasteiger partial charge in [-0.15, -0.1) is 11.3 Å². The van der Waals surface area contributed by atoms with Crippen LogP contribution in [-0.4, -0.2) is 29.4 Å². The summed E-state index contributed by atoms with van der Waals surface area (Å²) < 4.78 is 5.63. The molecule has 1 atom stereocenters. The van der Waals surface area contributed by atoms with Crippen molar-refractivity contribution in [2.24, 2.45) is 0 Å². The summed E-state index contributed by atoms with van der Waals surface area (Å²) in [6.45, 7) is 4.04. The maximum absolute atomic E-state index is 12.5. The van der Waals surface area contributed by atoms with Crippen molar-refractivity contribution in [1.82, 2.24) is 4.98 Å². The highest BCUT2D eigenvalue weighted by atomic mass is 32.1. The zero-order valence-corrected chi connectivity index (χ0v) is 17.0. The molecule has 2 aromatic carbocycles. The number of para-hydroxylation sites is 2. The number of hydrogen-bond donors (Lipinski definition) is 1. The van der Waals surface area contributed by atoms with Crippen molar-refractivity contribution in [3.8, 4) is 17.0 Å². The SMILES string of the molecule is Cc1ccc(-c2csc(NC(=O)CCN3C(=O)C(C)Oc4ccccc43)n2)cc1. The first kappa shape index (κ1) is 19.1. The first-order valence-corrected chi connectivity index (χ1v) is 10.3. The number of nitrogens with one attached hydrogen (secondary N) is 1. The molecule has 0 fully saturated rings. The van der Waals surface area contributed by atoms with Gasteiger partial charge in [0.1, 0.15) is 5.75 Å². The number of anilines is 2. The van der Waals surface area contributed by atoms with Crippen molar-refractivity contribution in [2.75, 3.05) is 16.8 Å². The van der Waals surface area contributed by atoms with Crippen molar-refractivity contribution < 1.29 is 14.3 Å². The molecule has 4 rings (SSSR count). The van der Waals surface area contributed by atoms with Gasteiger partial charge in [0.05, 0.1) is 11.4 Å². The number of aryl methyl sites for hydroxylation is 1. The zero-order chi connectivity index (χ0) is 20.4. The summed E-state index contributed by atoms with van der Waals surface area (Å²) >= 11 is 1.38. The Balaban J connectivity index is 1.39. The molecular weight excluding hydrogens is 386 g/mol. The predicted octanol–water partition coefficient (Wildman–Crippen LogP) is 4.26. The molecule has 3 aromatic rings. The standard InChI is InChI=1S/C22H21N3O3S/c1-14-7-9-16(10-8-14)17-13-29-22(23-17)24-20(26)11-12-25-18-5-3-4-6-19(18)28-15(2)21(25)27/h3-10,13,15H,11-12H2,1-2H3,(H,23,24,26). The summed E-state index contributed by atoms with van der Waals surface area (Å²) in [5.74, 6) is 0.328. The Labute approximate surface area is 173 Å². The third-order valence-electron chi connectivity index (χ3n) is 4.73. The Hall–Kier alpha value is -3.19. The van der Waals surface area contributed by atoms with Crippen molar-refractivity contribution in [2.45, 2.75) is 26.4 Å². The van der Waals surface area contributed by atoms with Crippen molar-refractivity contribution in [3.05, 3.63) is 59.5 Å². The van der Waals surface area contributed by atoms with Crippen LogP contribution in [0.2, 0.25) is 0 Å². The summed E-state index contributed by atoms with van der Waals surface area (Å²) in [6, 6.07) is 15.5. The van der Waals surface area contributed by atoms with Crippen LogP contribution < -0.4 is 15.0 Å². The van der Waals surface area contributed by atoms with Crippen molar-refractivity contribution in [3.63, 3.8) is 0 Å². The molecule has 1 unspecified atom stereocenters. The molecule has 2 amide bonds. The number of thiazole rings is 1. The fraction of sp³-hybridized carbons (Fsp3) is 0.227. The lowest BCUT2D eigenvalue weighted by Crippen LogP contribution is -2.45. The molecule has 0 aliphatic carbocycles. The molecule has 0 saturated carbocycles. The van der Waals surface area contributed by atoms with Crippen LogP contribution in [0.1, 0.15) is 18.9 Å². The van der Waals surface area contributed by atoms with E-state index < -0.39 is 6.10 Å². The largest absolute Gasteiger partial charge is 0.479 e. The van der Waals surface area contributed by atoms with Crippen LogP contribution in [0, 0.1) is 6.92 Å². The van der Waals surface area contributed by atoms with E-state index >= 15 is 0 Å². The highest BCUT2D eigenvalue weighted by Gasteiger charge is 2.31. The van der Waals surface area contributed by atoms with Gasteiger partial charge in [0.15, 0.2) is 11.2 Å². The number of hydrogen-bond acceptors (Lipinski definition) is 5. The third kappa shape index (κ3) is 4.14. The fourth-order valence-corrected chi connectivity index (χ4v) is 3.91. The van der Waals surface area contributed by atoms with E-state index in [1.165, 1.54) is 16.9 Å². The van der Waals surface area contributed by atoms with Gasteiger partial charge in [-0.25, -0.2) is 4.98 Å². The average Bonchev–Trinajstić information content (AvgIpc) is 3.17. The monoisotopic (exact) mass is 407 g/mol. The summed E-state index contributed by atoms with van der Waals surface area (Å²) in [5.41, 5.74) is 3.72. The fourth-order valence-electron chi connectivity index (χ4n) is 3.17. The minimum Gasteiger partial charge on any atom is -0.479 e. The lowest BCUT2D eigenvalue weighted by molar-refractivity contribution is -0.125. The molecular formula is C22H21N3O3S. The number of amides is 2. The van der Waals surface area contributed by atoms with Gasteiger partial charge in [0.2, 0.25) is 5.91 Å². The summed E-state index contributed by atoms with van der Waals surface area (Å²) in [6.07, 6.45) is -0.393. The highest BCUT2D eigenvalue weighted by Crippen LogP contribution is 2.33. The second kappa shape index (κ2) is 8.05. The quantitative estimate of drug-likeness (QED) is 0.686. The van der Waals surface area contributed by atoms with E-state index in [2.05, 4.69) is 10.3 Å². The van der Waals surface area contributed by atoms with Gasteiger partial charge in [-0.05, 0) is 26.0 Å². The summed E-state index contributed by atoms with van der Waals surface area (Å²) in [7, 11) is 0. The Morgan fingerprint density at radius 1 is 1.21 bits per heavy atom. The van der Waals surface area contributed by atoms with E-state index in [-0.39, 0.29) is 24.8 Å². The molecule has 1 aromatic heterocycles. The van der Waals surface area contributed by atoms with Crippen LogP contribution in [-0.2, 0) is 9.59 Å². The van der Waals surface area contributed by atoms with Crippen LogP contribution in [0.25, 0.3) is 11.3 Å². The van der Waals surface area contributed by atoms with E-state index in [9.17, 15) is 9.59 Å².